The van der Waals surface area contributed by atoms with Crippen LogP contribution in [0, 0.1) is 0 Å². The Morgan fingerprint density at radius 3 is 2.74 bits per heavy atom. The Bertz CT molecular complexity index is 549. The molecule has 0 spiro atoms. The standard InChI is InChI=1S/C13H15N3O3/c1-2-7-19-13(18)10-3-5-11(6-4-10)16-12(9-17)8-14-15-16/h3-6,8,17H,2,7,9H2,1H3. The molecule has 0 atom stereocenters. The van der Waals surface area contributed by atoms with Crippen molar-refractivity contribution in [1.82, 2.24) is 15.0 Å². The van der Waals surface area contributed by atoms with Crippen molar-refractivity contribution in [3.05, 3.63) is 41.7 Å². The number of nitrogens with zero attached hydrogens (tertiary/aromatic N) is 3. The number of benzene rings is 1. The van der Waals surface area contributed by atoms with Gasteiger partial charge in [-0.2, -0.15) is 0 Å². The number of aromatic nitrogens is 3. The fraction of sp³-hybridized carbons (Fsp3) is 0.308. The Labute approximate surface area is 110 Å². The summed E-state index contributed by atoms with van der Waals surface area (Å²) in [5, 5.41) is 16.7. The van der Waals surface area contributed by atoms with E-state index in [1.54, 1.807) is 24.3 Å². The van der Waals surface area contributed by atoms with Gasteiger partial charge in [0.15, 0.2) is 0 Å². The van der Waals surface area contributed by atoms with E-state index in [9.17, 15) is 4.79 Å². The van der Waals surface area contributed by atoms with E-state index in [0.29, 0.717) is 17.9 Å². The molecular weight excluding hydrogens is 246 g/mol. The minimum absolute atomic E-state index is 0.146. The molecule has 1 aromatic carbocycles. The van der Waals surface area contributed by atoms with Crippen molar-refractivity contribution in [2.24, 2.45) is 0 Å². The van der Waals surface area contributed by atoms with Crippen LogP contribution < -0.4 is 0 Å². The summed E-state index contributed by atoms with van der Waals surface area (Å²) < 4.78 is 6.55. The van der Waals surface area contributed by atoms with E-state index in [0.717, 1.165) is 12.1 Å². The number of aliphatic hydroxyl groups is 1. The lowest BCUT2D eigenvalue weighted by molar-refractivity contribution is 0.0505. The Balaban J connectivity index is 2.17. The molecule has 0 fully saturated rings. The normalized spacial score (nSPS) is 10.4. The lowest BCUT2D eigenvalue weighted by Crippen LogP contribution is -2.07. The minimum atomic E-state index is -0.339. The molecule has 0 aliphatic heterocycles. The Hall–Kier alpha value is -2.21. The molecular formula is C13H15N3O3. The molecule has 0 saturated heterocycles. The van der Waals surface area contributed by atoms with Crippen LogP contribution in [0.1, 0.15) is 29.4 Å². The molecule has 0 bridgehead atoms. The van der Waals surface area contributed by atoms with Gasteiger partial charge in [-0.3, -0.25) is 0 Å². The zero-order chi connectivity index (χ0) is 13.7. The maximum atomic E-state index is 11.6. The molecule has 2 rings (SSSR count). The molecule has 2 aromatic rings. The second-order valence-electron chi connectivity index (χ2n) is 3.98. The summed E-state index contributed by atoms with van der Waals surface area (Å²) in [5.41, 5.74) is 1.80. The van der Waals surface area contributed by atoms with E-state index in [1.165, 1.54) is 10.9 Å². The van der Waals surface area contributed by atoms with E-state index < -0.39 is 0 Å². The highest BCUT2D eigenvalue weighted by molar-refractivity contribution is 5.89. The highest BCUT2D eigenvalue weighted by atomic mass is 16.5. The van der Waals surface area contributed by atoms with Crippen LogP contribution in [0.5, 0.6) is 0 Å². The molecule has 0 aliphatic rings. The quantitative estimate of drug-likeness (QED) is 0.821. The van der Waals surface area contributed by atoms with Crippen LogP contribution in [0.2, 0.25) is 0 Å². The first-order chi connectivity index (χ1) is 9.26. The lowest BCUT2D eigenvalue weighted by atomic mass is 10.2. The third-order valence-electron chi connectivity index (χ3n) is 2.57. The molecule has 0 aliphatic carbocycles. The van der Waals surface area contributed by atoms with Gasteiger partial charge in [-0.25, -0.2) is 9.48 Å². The van der Waals surface area contributed by atoms with E-state index in [4.69, 9.17) is 9.84 Å². The molecule has 6 heteroatoms. The molecule has 1 aromatic heterocycles. The smallest absolute Gasteiger partial charge is 0.338 e. The molecule has 0 saturated carbocycles. The van der Waals surface area contributed by atoms with Crippen LogP contribution in [0.4, 0.5) is 0 Å². The molecule has 6 nitrogen and oxygen atoms in total. The molecule has 1 N–H and O–H groups in total. The fourth-order valence-electron chi connectivity index (χ4n) is 1.60. The van der Waals surface area contributed by atoms with Crippen molar-refractivity contribution in [1.29, 1.82) is 0 Å². The number of hydrogen-bond donors (Lipinski definition) is 1. The van der Waals surface area contributed by atoms with E-state index in [-0.39, 0.29) is 12.6 Å². The van der Waals surface area contributed by atoms with Gasteiger partial charge in [0.2, 0.25) is 0 Å². The van der Waals surface area contributed by atoms with Crippen LogP contribution in [-0.4, -0.2) is 32.7 Å². The fourth-order valence-corrected chi connectivity index (χ4v) is 1.60. The van der Waals surface area contributed by atoms with Crippen molar-refractivity contribution in [3.8, 4) is 5.69 Å². The van der Waals surface area contributed by atoms with Gasteiger partial charge in [-0.15, -0.1) is 5.10 Å². The number of esters is 1. The predicted molar refractivity (Wildman–Crippen MR) is 67.9 cm³/mol. The lowest BCUT2D eigenvalue weighted by Gasteiger charge is -2.06. The number of aliphatic hydroxyl groups excluding tert-OH is 1. The molecule has 0 unspecified atom stereocenters. The van der Waals surface area contributed by atoms with Gasteiger partial charge < -0.3 is 9.84 Å². The summed E-state index contributed by atoms with van der Waals surface area (Å²) in [5.74, 6) is -0.339. The number of hydrogen-bond acceptors (Lipinski definition) is 5. The maximum Gasteiger partial charge on any atom is 0.338 e. The zero-order valence-corrected chi connectivity index (χ0v) is 10.6. The average molecular weight is 261 g/mol. The first-order valence-corrected chi connectivity index (χ1v) is 6.04. The van der Waals surface area contributed by atoms with E-state index in [2.05, 4.69) is 10.3 Å². The highest BCUT2D eigenvalue weighted by Gasteiger charge is 2.09. The Morgan fingerprint density at radius 1 is 1.37 bits per heavy atom. The van der Waals surface area contributed by atoms with E-state index >= 15 is 0 Å². The number of carbonyl (C=O) groups is 1. The Morgan fingerprint density at radius 2 is 2.11 bits per heavy atom. The van der Waals surface area contributed by atoms with Crippen molar-refractivity contribution < 1.29 is 14.6 Å². The zero-order valence-electron chi connectivity index (χ0n) is 10.6. The van der Waals surface area contributed by atoms with Crippen LogP contribution in [0.25, 0.3) is 5.69 Å². The van der Waals surface area contributed by atoms with Gasteiger partial charge in [0.05, 0.1) is 36.4 Å². The van der Waals surface area contributed by atoms with Gasteiger partial charge in [-0.05, 0) is 30.7 Å². The third-order valence-corrected chi connectivity index (χ3v) is 2.57. The summed E-state index contributed by atoms with van der Waals surface area (Å²) in [6.45, 7) is 2.21. The van der Waals surface area contributed by atoms with Gasteiger partial charge in [0.1, 0.15) is 0 Å². The molecule has 1 heterocycles. The van der Waals surface area contributed by atoms with Crippen molar-refractivity contribution in [2.45, 2.75) is 20.0 Å². The van der Waals surface area contributed by atoms with Crippen LogP contribution in [-0.2, 0) is 11.3 Å². The van der Waals surface area contributed by atoms with Crippen molar-refractivity contribution in [3.63, 3.8) is 0 Å². The van der Waals surface area contributed by atoms with Crippen LogP contribution in [0.3, 0.4) is 0 Å². The van der Waals surface area contributed by atoms with Gasteiger partial charge in [0.25, 0.3) is 0 Å². The average Bonchev–Trinajstić information content (AvgIpc) is 2.93. The van der Waals surface area contributed by atoms with Crippen molar-refractivity contribution >= 4 is 5.97 Å². The number of carbonyl (C=O) groups excluding carboxylic acids is 1. The van der Waals surface area contributed by atoms with Gasteiger partial charge in [0, 0.05) is 0 Å². The second kappa shape index (κ2) is 6.10. The monoisotopic (exact) mass is 261 g/mol. The summed E-state index contributed by atoms with van der Waals surface area (Å²) >= 11 is 0. The van der Waals surface area contributed by atoms with Crippen LogP contribution in [0.15, 0.2) is 30.5 Å². The largest absolute Gasteiger partial charge is 0.462 e. The predicted octanol–water partition coefficient (Wildman–Crippen LogP) is 1.33. The maximum absolute atomic E-state index is 11.6. The number of rotatable bonds is 5. The summed E-state index contributed by atoms with van der Waals surface area (Å²) in [7, 11) is 0. The second-order valence-corrected chi connectivity index (χ2v) is 3.98. The third kappa shape index (κ3) is 2.97. The van der Waals surface area contributed by atoms with E-state index in [1.807, 2.05) is 6.92 Å². The molecule has 0 amide bonds. The van der Waals surface area contributed by atoms with Gasteiger partial charge in [-0.1, -0.05) is 12.1 Å². The molecule has 0 radical (unpaired) electrons. The first-order valence-electron chi connectivity index (χ1n) is 6.04. The summed E-state index contributed by atoms with van der Waals surface area (Å²) in [4.78, 5) is 11.6. The Kier molecular flexibility index (Phi) is 4.25. The van der Waals surface area contributed by atoms with Gasteiger partial charge >= 0.3 is 5.97 Å². The minimum Gasteiger partial charge on any atom is -0.462 e. The van der Waals surface area contributed by atoms with Crippen molar-refractivity contribution in [2.75, 3.05) is 6.61 Å². The number of ether oxygens (including phenoxy) is 1. The SMILES string of the molecule is CCCOC(=O)c1ccc(-n2nncc2CO)cc1. The molecule has 19 heavy (non-hydrogen) atoms. The molecule has 100 valence electrons. The highest BCUT2D eigenvalue weighted by Crippen LogP contribution is 2.12. The summed E-state index contributed by atoms with van der Waals surface area (Å²) in [6.07, 6.45) is 2.28. The topological polar surface area (TPSA) is 77.2 Å². The van der Waals surface area contributed by atoms with Crippen LogP contribution >= 0.6 is 0 Å². The summed E-state index contributed by atoms with van der Waals surface area (Å²) in [6, 6.07) is 6.79. The first kappa shape index (κ1) is 13.2.